The minimum atomic E-state index is -0.546. The SMILES string of the molecule is CCOc1ccc(C(=O)Oc2ccc(Br)cc2/C=N\NC(=O)COc2cccc(Cl)c2Cl)cc1. The zero-order valence-corrected chi connectivity index (χ0v) is 21.0. The predicted molar refractivity (Wildman–Crippen MR) is 134 cm³/mol. The molecule has 7 nitrogen and oxygen atoms in total. The van der Waals surface area contributed by atoms with Crippen LogP contribution in [0.1, 0.15) is 22.8 Å². The van der Waals surface area contributed by atoms with Crippen molar-refractivity contribution in [2.75, 3.05) is 13.2 Å². The molecule has 1 amide bonds. The van der Waals surface area contributed by atoms with Gasteiger partial charge in [-0.1, -0.05) is 45.2 Å². The fourth-order valence-corrected chi connectivity index (χ4v) is 3.40. The number of ether oxygens (including phenoxy) is 3. The first-order valence-electron chi connectivity index (χ1n) is 10.0. The smallest absolute Gasteiger partial charge is 0.343 e. The maximum Gasteiger partial charge on any atom is 0.343 e. The van der Waals surface area contributed by atoms with Gasteiger partial charge in [0.15, 0.2) is 6.61 Å². The van der Waals surface area contributed by atoms with Gasteiger partial charge in [0.2, 0.25) is 0 Å². The highest BCUT2D eigenvalue weighted by Crippen LogP contribution is 2.31. The van der Waals surface area contributed by atoms with Crippen molar-refractivity contribution in [1.82, 2.24) is 5.43 Å². The van der Waals surface area contributed by atoms with E-state index in [-0.39, 0.29) is 23.1 Å². The quantitative estimate of drug-likeness (QED) is 0.151. The Labute approximate surface area is 214 Å². The van der Waals surface area contributed by atoms with Gasteiger partial charge in [0.05, 0.1) is 23.4 Å². The second-order valence-electron chi connectivity index (χ2n) is 6.66. The number of hydrogen-bond acceptors (Lipinski definition) is 6. The first-order chi connectivity index (χ1) is 16.4. The largest absolute Gasteiger partial charge is 0.494 e. The Balaban J connectivity index is 1.62. The number of esters is 1. The summed E-state index contributed by atoms with van der Waals surface area (Å²) in [4.78, 5) is 24.6. The van der Waals surface area contributed by atoms with Gasteiger partial charge in [0.25, 0.3) is 5.91 Å². The van der Waals surface area contributed by atoms with Crippen LogP contribution in [0.15, 0.2) is 70.2 Å². The Morgan fingerprint density at radius 2 is 1.79 bits per heavy atom. The molecule has 1 N–H and O–H groups in total. The van der Waals surface area contributed by atoms with Crippen molar-refractivity contribution in [2.45, 2.75) is 6.92 Å². The standard InChI is InChI=1S/C24H19BrCl2N2O5/c1-2-32-18-9-6-15(7-10-18)24(31)34-20-11-8-17(25)12-16(20)13-28-29-22(30)14-33-21-5-3-4-19(26)23(21)27/h3-13H,2,14H2,1H3,(H,29,30)/b28-13-. The molecule has 0 saturated heterocycles. The lowest BCUT2D eigenvalue weighted by Gasteiger charge is -2.09. The first kappa shape index (κ1) is 25.6. The van der Waals surface area contributed by atoms with Gasteiger partial charge < -0.3 is 14.2 Å². The van der Waals surface area contributed by atoms with Crippen LogP contribution in [0.25, 0.3) is 0 Å². The monoisotopic (exact) mass is 564 g/mol. The number of benzene rings is 3. The van der Waals surface area contributed by atoms with E-state index in [1.807, 2.05) is 6.92 Å². The average Bonchev–Trinajstić information content (AvgIpc) is 2.82. The van der Waals surface area contributed by atoms with Crippen molar-refractivity contribution in [3.8, 4) is 17.2 Å². The number of halogens is 3. The topological polar surface area (TPSA) is 86.2 Å². The van der Waals surface area contributed by atoms with Crippen LogP contribution in [0.4, 0.5) is 0 Å². The molecule has 3 rings (SSSR count). The third-order valence-electron chi connectivity index (χ3n) is 4.24. The molecule has 0 aromatic heterocycles. The van der Waals surface area contributed by atoms with Gasteiger partial charge in [-0.3, -0.25) is 4.79 Å². The van der Waals surface area contributed by atoms with Crippen molar-refractivity contribution in [2.24, 2.45) is 5.10 Å². The molecule has 0 atom stereocenters. The van der Waals surface area contributed by atoms with Crippen LogP contribution >= 0.6 is 39.1 Å². The van der Waals surface area contributed by atoms with Gasteiger partial charge in [0.1, 0.15) is 22.3 Å². The summed E-state index contributed by atoms with van der Waals surface area (Å²) in [5.41, 5.74) is 3.17. The second kappa shape index (κ2) is 12.4. The number of carbonyl (C=O) groups excluding carboxylic acids is 2. The molecule has 0 bridgehead atoms. The third kappa shape index (κ3) is 7.21. The van der Waals surface area contributed by atoms with Crippen molar-refractivity contribution in [1.29, 1.82) is 0 Å². The van der Waals surface area contributed by atoms with Crippen LogP contribution < -0.4 is 19.6 Å². The minimum absolute atomic E-state index is 0.216. The van der Waals surface area contributed by atoms with E-state index in [1.54, 1.807) is 60.7 Å². The summed E-state index contributed by atoms with van der Waals surface area (Å²) in [6, 6.07) is 16.5. The highest BCUT2D eigenvalue weighted by molar-refractivity contribution is 9.10. The highest BCUT2D eigenvalue weighted by Gasteiger charge is 2.12. The summed E-state index contributed by atoms with van der Waals surface area (Å²) in [6.45, 7) is 2.08. The molecule has 0 aliphatic carbocycles. The van der Waals surface area contributed by atoms with Crippen molar-refractivity contribution >= 4 is 57.2 Å². The molecule has 0 aliphatic rings. The summed E-state index contributed by atoms with van der Waals surface area (Å²) < 4.78 is 17.0. The van der Waals surface area contributed by atoms with E-state index in [0.717, 1.165) is 4.47 Å². The predicted octanol–water partition coefficient (Wildman–Crippen LogP) is 5.90. The van der Waals surface area contributed by atoms with Gasteiger partial charge in [-0.15, -0.1) is 0 Å². The van der Waals surface area contributed by atoms with Gasteiger partial charge in [-0.25, -0.2) is 10.2 Å². The van der Waals surface area contributed by atoms with Crippen LogP contribution in [-0.2, 0) is 4.79 Å². The molecule has 0 heterocycles. The van der Waals surface area contributed by atoms with E-state index in [2.05, 4.69) is 26.5 Å². The fourth-order valence-electron chi connectivity index (χ4n) is 2.67. The van der Waals surface area contributed by atoms with E-state index < -0.39 is 11.9 Å². The summed E-state index contributed by atoms with van der Waals surface area (Å²) in [5.74, 6) is 0.143. The molecule has 0 saturated carbocycles. The average molecular weight is 566 g/mol. The van der Waals surface area contributed by atoms with E-state index in [4.69, 9.17) is 37.4 Å². The molecule has 0 spiro atoms. The fraction of sp³-hybridized carbons (Fsp3) is 0.125. The number of hydrazone groups is 1. The Bertz CT molecular complexity index is 1200. The van der Waals surface area contributed by atoms with Crippen molar-refractivity contribution in [3.63, 3.8) is 0 Å². The molecule has 3 aromatic carbocycles. The van der Waals surface area contributed by atoms with Crippen LogP contribution in [0.5, 0.6) is 17.2 Å². The number of amides is 1. The van der Waals surface area contributed by atoms with Gasteiger partial charge >= 0.3 is 5.97 Å². The van der Waals surface area contributed by atoms with Crippen LogP contribution in [-0.4, -0.2) is 31.3 Å². The van der Waals surface area contributed by atoms with Crippen molar-refractivity contribution in [3.05, 3.63) is 86.3 Å². The summed E-state index contributed by atoms with van der Waals surface area (Å²) in [6.07, 6.45) is 1.36. The zero-order valence-electron chi connectivity index (χ0n) is 17.9. The Morgan fingerprint density at radius 3 is 2.53 bits per heavy atom. The number of hydrogen-bond donors (Lipinski definition) is 1. The van der Waals surface area contributed by atoms with Gasteiger partial charge in [-0.05, 0) is 61.5 Å². The van der Waals surface area contributed by atoms with E-state index in [1.165, 1.54) is 6.21 Å². The van der Waals surface area contributed by atoms with Crippen LogP contribution in [0.3, 0.4) is 0 Å². The molecular formula is C24H19BrCl2N2O5. The molecule has 0 fully saturated rings. The molecule has 176 valence electrons. The molecular weight excluding hydrogens is 547 g/mol. The molecule has 0 radical (unpaired) electrons. The van der Waals surface area contributed by atoms with Crippen LogP contribution in [0.2, 0.25) is 10.0 Å². The normalized spacial score (nSPS) is 10.7. The van der Waals surface area contributed by atoms with Gasteiger partial charge in [-0.2, -0.15) is 5.10 Å². The molecule has 10 heteroatoms. The number of rotatable bonds is 9. The third-order valence-corrected chi connectivity index (χ3v) is 5.54. The zero-order chi connectivity index (χ0) is 24.5. The minimum Gasteiger partial charge on any atom is -0.494 e. The molecule has 0 unspecified atom stereocenters. The van der Waals surface area contributed by atoms with E-state index in [0.29, 0.717) is 28.5 Å². The molecule has 34 heavy (non-hydrogen) atoms. The maximum atomic E-state index is 12.5. The van der Waals surface area contributed by atoms with Crippen molar-refractivity contribution < 1.29 is 23.8 Å². The van der Waals surface area contributed by atoms with E-state index in [9.17, 15) is 9.59 Å². The summed E-state index contributed by atoms with van der Waals surface area (Å²) in [5, 5.41) is 4.45. The number of carbonyl (C=O) groups is 2. The lowest BCUT2D eigenvalue weighted by molar-refractivity contribution is -0.123. The number of nitrogens with one attached hydrogen (secondary N) is 1. The Morgan fingerprint density at radius 1 is 1.03 bits per heavy atom. The second-order valence-corrected chi connectivity index (χ2v) is 8.36. The highest BCUT2D eigenvalue weighted by atomic mass is 79.9. The van der Waals surface area contributed by atoms with Crippen LogP contribution in [0, 0.1) is 0 Å². The molecule has 3 aromatic rings. The molecule has 0 aliphatic heterocycles. The lowest BCUT2D eigenvalue weighted by Crippen LogP contribution is -2.24. The Kier molecular flexibility index (Phi) is 9.33. The van der Waals surface area contributed by atoms with Gasteiger partial charge in [0, 0.05) is 10.0 Å². The lowest BCUT2D eigenvalue weighted by atomic mass is 10.2. The van der Waals surface area contributed by atoms with E-state index >= 15 is 0 Å². The first-order valence-corrected chi connectivity index (χ1v) is 11.6. The summed E-state index contributed by atoms with van der Waals surface area (Å²) in [7, 11) is 0. The number of nitrogens with zero attached hydrogens (tertiary/aromatic N) is 1. The Hall–Kier alpha value is -3.07. The maximum absolute atomic E-state index is 12.5. The summed E-state index contributed by atoms with van der Waals surface area (Å²) >= 11 is 15.3.